The molecule has 0 saturated heterocycles. The van der Waals surface area contributed by atoms with Crippen molar-refractivity contribution in [3.05, 3.63) is 11.1 Å². The normalized spacial score (nSPS) is 8.36. The van der Waals surface area contributed by atoms with E-state index in [9.17, 15) is 0 Å². The molecule has 0 atom stereocenters. The van der Waals surface area contributed by atoms with Gasteiger partial charge in [0, 0.05) is 6.20 Å². The Morgan fingerprint density at radius 3 is 1.73 bits per heavy atom. The van der Waals surface area contributed by atoms with Crippen molar-refractivity contribution < 1.29 is 0 Å². The predicted molar refractivity (Wildman–Crippen MR) is 59.5 cm³/mol. The van der Waals surface area contributed by atoms with Crippen LogP contribution in [-0.2, 0) is 0 Å². The van der Waals surface area contributed by atoms with Gasteiger partial charge in [-0.2, -0.15) is 0 Å². The first-order valence-corrected chi connectivity index (χ1v) is 5.20. The summed E-state index contributed by atoms with van der Waals surface area (Å²) in [6.45, 7) is 13.3. The van der Waals surface area contributed by atoms with Crippen LogP contribution in [0.2, 0.25) is 0 Å². The largest absolute Gasteiger partial charge is 0.272 e. The van der Waals surface area contributed by atoms with Crippen LogP contribution in [0.25, 0.3) is 0 Å². The summed E-state index contributed by atoms with van der Waals surface area (Å²) in [5.74, 6) is 0. The number of nitrogens with zero attached hydrogens (tertiary/aromatic N) is 1. The lowest BCUT2D eigenvalue weighted by Gasteiger charge is -1.85. The molecule has 1 nitrogen and oxygen atoms in total. The highest BCUT2D eigenvalue weighted by molar-refractivity contribution is 8.02. The highest BCUT2D eigenvalue weighted by Crippen LogP contribution is 2.07. The van der Waals surface area contributed by atoms with Crippen LogP contribution >= 0.6 is 11.8 Å². The lowest BCUT2D eigenvalue weighted by Crippen LogP contribution is -1.58. The molecule has 0 fully saturated rings. The van der Waals surface area contributed by atoms with Crippen LogP contribution in [0.1, 0.15) is 34.6 Å². The summed E-state index contributed by atoms with van der Waals surface area (Å²) in [6.07, 6.45) is 3.75. The molecule has 0 spiro atoms. The van der Waals surface area contributed by atoms with E-state index in [1.165, 1.54) is 4.91 Å². The minimum Gasteiger partial charge on any atom is -0.272 e. The highest BCUT2D eigenvalue weighted by Gasteiger charge is 1.76. The van der Waals surface area contributed by atoms with Crippen molar-refractivity contribution in [2.45, 2.75) is 34.6 Å². The monoisotopic (exact) mass is 175 g/mol. The van der Waals surface area contributed by atoms with Crippen molar-refractivity contribution in [3.63, 3.8) is 0 Å². The molecular formula is C9H21NS. The molecular weight excluding hydrogens is 154 g/mol. The van der Waals surface area contributed by atoms with Crippen LogP contribution in [0.3, 0.4) is 0 Å². The van der Waals surface area contributed by atoms with Gasteiger partial charge in [0.1, 0.15) is 0 Å². The SMILES string of the molecule is C=N/C=C(/C)SC.CC.CC. The molecule has 0 heterocycles. The molecule has 0 aliphatic rings. The Bertz CT molecular complexity index is 87.6. The summed E-state index contributed by atoms with van der Waals surface area (Å²) in [6, 6.07) is 0. The number of hydrogen-bond acceptors (Lipinski definition) is 2. The van der Waals surface area contributed by atoms with Gasteiger partial charge in [0.15, 0.2) is 0 Å². The summed E-state index contributed by atoms with van der Waals surface area (Å²) in [5.41, 5.74) is 0. The van der Waals surface area contributed by atoms with Gasteiger partial charge in [-0.1, -0.05) is 27.7 Å². The van der Waals surface area contributed by atoms with Crippen LogP contribution in [0.4, 0.5) is 0 Å². The molecule has 0 aliphatic heterocycles. The minimum absolute atomic E-state index is 1.19. The fraction of sp³-hybridized carbons (Fsp3) is 0.667. The van der Waals surface area contributed by atoms with Gasteiger partial charge in [-0.3, -0.25) is 4.99 Å². The Balaban J connectivity index is -0.000000138. The molecule has 0 amide bonds. The highest BCUT2D eigenvalue weighted by atomic mass is 32.2. The Kier molecular flexibility index (Phi) is 34.9. The van der Waals surface area contributed by atoms with Crippen LogP contribution < -0.4 is 0 Å². The molecule has 0 radical (unpaired) electrons. The summed E-state index contributed by atoms with van der Waals surface area (Å²) in [5, 5.41) is 0. The fourth-order valence-electron chi connectivity index (χ4n) is 0.181. The zero-order valence-corrected chi connectivity index (χ0v) is 9.46. The van der Waals surface area contributed by atoms with Gasteiger partial charge in [0.25, 0.3) is 0 Å². The quantitative estimate of drug-likeness (QED) is 0.579. The number of aliphatic imine (C=N–C) groups is 1. The van der Waals surface area contributed by atoms with E-state index in [4.69, 9.17) is 0 Å². The van der Waals surface area contributed by atoms with E-state index in [0.29, 0.717) is 0 Å². The molecule has 0 aromatic heterocycles. The summed E-state index contributed by atoms with van der Waals surface area (Å²) < 4.78 is 0. The van der Waals surface area contributed by atoms with E-state index in [1.54, 1.807) is 18.0 Å². The van der Waals surface area contributed by atoms with Gasteiger partial charge in [-0.05, 0) is 24.8 Å². The van der Waals surface area contributed by atoms with Crippen LogP contribution in [0, 0.1) is 0 Å². The Morgan fingerprint density at radius 2 is 1.64 bits per heavy atom. The molecule has 0 N–H and O–H groups in total. The molecule has 11 heavy (non-hydrogen) atoms. The molecule has 0 unspecified atom stereocenters. The predicted octanol–water partition coefficient (Wildman–Crippen LogP) is 3.96. The summed E-state index contributed by atoms with van der Waals surface area (Å²) in [4.78, 5) is 4.76. The van der Waals surface area contributed by atoms with E-state index in [1.807, 2.05) is 40.9 Å². The molecule has 0 bridgehead atoms. The minimum atomic E-state index is 1.19. The van der Waals surface area contributed by atoms with Crippen molar-refractivity contribution >= 4 is 18.5 Å². The summed E-state index contributed by atoms with van der Waals surface area (Å²) in [7, 11) is 0. The first-order valence-electron chi connectivity index (χ1n) is 3.98. The van der Waals surface area contributed by atoms with Crippen molar-refractivity contribution in [2.75, 3.05) is 6.26 Å². The van der Waals surface area contributed by atoms with Gasteiger partial charge in [-0.15, -0.1) is 11.8 Å². The number of thioether (sulfide) groups is 1. The van der Waals surface area contributed by atoms with E-state index in [-0.39, 0.29) is 0 Å². The van der Waals surface area contributed by atoms with Crippen molar-refractivity contribution in [1.82, 2.24) is 0 Å². The molecule has 0 aliphatic carbocycles. The smallest absolute Gasteiger partial charge is 0.0352 e. The van der Waals surface area contributed by atoms with Gasteiger partial charge in [-0.25, -0.2) is 0 Å². The maximum absolute atomic E-state index is 3.57. The Hall–Kier alpha value is -0.240. The second-order valence-electron chi connectivity index (χ2n) is 1.13. The third-order valence-electron chi connectivity index (χ3n) is 0.595. The maximum Gasteiger partial charge on any atom is 0.0352 e. The summed E-state index contributed by atoms with van der Waals surface area (Å²) >= 11 is 1.68. The fourth-order valence-corrected chi connectivity index (χ4v) is 0.361. The Morgan fingerprint density at radius 1 is 1.27 bits per heavy atom. The molecule has 0 aromatic rings. The molecule has 0 aromatic carbocycles. The van der Waals surface area contributed by atoms with Gasteiger partial charge in [0.2, 0.25) is 0 Å². The number of hydrogen-bond donors (Lipinski definition) is 0. The van der Waals surface area contributed by atoms with Crippen molar-refractivity contribution in [2.24, 2.45) is 4.99 Å². The van der Waals surface area contributed by atoms with Gasteiger partial charge in [0.05, 0.1) is 0 Å². The number of allylic oxidation sites excluding steroid dienone is 1. The average molecular weight is 175 g/mol. The third-order valence-corrected chi connectivity index (χ3v) is 1.34. The van der Waals surface area contributed by atoms with Crippen LogP contribution in [0.15, 0.2) is 16.1 Å². The van der Waals surface area contributed by atoms with Crippen LogP contribution in [0.5, 0.6) is 0 Å². The van der Waals surface area contributed by atoms with Gasteiger partial charge >= 0.3 is 0 Å². The number of rotatable bonds is 2. The zero-order valence-electron chi connectivity index (χ0n) is 8.64. The zero-order chi connectivity index (χ0) is 9.70. The Labute approximate surface area is 76.0 Å². The lowest BCUT2D eigenvalue weighted by atomic mass is 10.7. The molecule has 68 valence electrons. The second kappa shape index (κ2) is 22.6. The van der Waals surface area contributed by atoms with E-state index >= 15 is 0 Å². The molecule has 0 rings (SSSR count). The maximum atomic E-state index is 3.57. The van der Waals surface area contributed by atoms with E-state index in [2.05, 4.69) is 11.7 Å². The molecule has 2 heteroatoms. The van der Waals surface area contributed by atoms with Crippen LogP contribution in [-0.4, -0.2) is 13.0 Å². The molecule has 0 saturated carbocycles. The standard InChI is InChI=1S/C5H9NS.2C2H6/c1-5(7-3)4-6-2;2*1-2/h4H,2H2,1,3H3;2*1-2H3/b5-4-;;. The third kappa shape index (κ3) is 25.9. The first kappa shape index (κ1) is 17.0. The second-order valence-corrected chi connectivity index (χ2v) is 2.18. The van der Waals surface area contributed by atoms with E-state index < -0.39 is 0 Å². The first-order chi connectivity index (χ1) is 5.31. The van der Waals surface area contributed by atoms with Crippen molar-refractivity contribution in [1.29, 1.82) is 0 Å². The van der Waals surface area contributed by atoms with Crippen molar-refractivity contribution in [3.8, 4) is 0 Å². The van der Waals surface area contributed by atoms with Gasteiger partial charge < -0.3 is 0 Å². The average Bonchev–Trinajstić information content (AvgIpc) is 2.12. The lowest BCUT2D eigenvalue weighted by molar-refractivity contribution is 1.50. The topological polar surface area (TPSA) is 12.4 Å². The van der Waals surface area contributed by atoms with E-state index in [0.717, 1.165) is 0 Å².